The zero-order chi connectivity index (χ0) is 11.7. The maximum atomic E-state index is 11.4. The summed E-state index contributed by atoms with van der Waals surface area (Å²) < 4.78 is 6.35. The van der Waals surface area contributed by atoms with Crippen molar-refractivity contribution in [2.24, 2.45) is 0 Å². The summed E-state index contributed by atoms with van der Waals surface area (Å²) in [6.45, 7) is 5.79. The van der Waals surface area contributed by atoms with Gasteiger partial charge in [0, 0.05) is 11.4 Å². The molecule has 84 valence electrons. The van der Waals surface area contributed by atoms with E-state index in [1.165, 1.54) is 4.52 Å². The van der Waals surface area contributed by atoms with Crippen molar-refractivity contribution in [3.8, 4) is 0 Å². The van der Waals surface area contributed by atoms with Crippen LogP contribution < -0.4 is 0 Å². The minimum atomic E-state index is -0.523. The molecule has 0 radical (unpaired) electrons. The molecule has 2 heterocycles. The molecule has 0 aliphatic heterocycles. The van der Waals surface area contributed by atoms with Crippen LogP contribution in [0.2, 0.25) is 0 Å². The van der Waals surface area contributed by atoms with E-state index in [9.17, 15) is 4.79 Å². The Morgan fingerprint density at radius 2 is 2.19 bits per heavy atom. The number of hydrogen-bond acceptors (Lipinski definition) is 5. The summed E-state index contributed by atoms with van der Waals surface area (Å²) in [5, 5.41) is 4.04. The molecule has 0 amide bonds. The first-order chi connectivity index (χ1) is 7.61. The van der Waals surface area contributed by atoms with Crippen molar-refractivity contribution in [1.29, 1.82) is 0 Å². The number of rotatable bonds is 2. The summed E-state index contributed by atoms with van der Waals surface area (Å²) >= 11 is 0. The van der Waals surface area contributed by atoms with Gasteiger partial charge >= 0.3 is 5.97 Å². The van der Waals surface area contributed by atoms with Crippen LogP contribution in [0, 0.1) is 13.8 Å². The number of nitrogens with zero attached hydrogens (tertiary/aromatic N) is 4. The molecule has 0 atom stereocenters. The van der Waals surface area contributed by atoms with E-state index >= 15 is 0 Å². The lowest BCUT2D eigenvalue weighted by molar-refractivity contribution is 0.0512. The van der Waals surface area contributed by atoms with Crippen molar-refractivity contribution in [3.63, 3.8) is 0 Å². The highest BCUT2D eigenvalue weighted by Gasteiger charge is 2.15. The lowest BCUT2D eigenvalue weighted by atomic mass is 10.4. The number of aromatic nitrogens is 4. The summed E-state index contributed by atoms with van der Waals surface area (Å²) in [5.41, 5.74) is 1.72. The highest BCUT2D eigenvalue weighted by atomic mass is 16.5. The molecule has 0 aromatic carbocycles. The van der Waals surface area contributed by atoms with Gasteiger partial charge in [-0.15, -0.1) is 5.10 Å². The fourth-order valence-electron chi connectivity index (χ4n) is 1.45. The second-order valence-corrected chi connectivity index (χ2v) is 3.41. The van der Waals surface area contributed by atoms with Crippen LogP contribution in [0.3, 0.4) is 0 Å². The van der Waals surface area contributed by atoms with Crippen LogP contribution in [-0.4, -0.2) is 32.2 Å². The second-order valence-electron chi connectivity index (χ2n) is 3.41. The van der Waals surface area contributed by atoms with E-state index in [1.54, 1.807) is 6.92 Å². The lowest BCUT2D eigenvalue weighted by Gasteiger charge is -1.97. The van der Waals surface area contributed by atoms with E-state index in [0.717, 1.165) is 11.4 Å². The molecule has 0 N–H and O–H groups in total. The SMILES string of the molecule is CCOC(=O)c1nc2nc(C)cc(C)n2n1. The normalized spacial score (nSPS) is 10.7. The maximum absolute atomic E-state index is 11.4. The van der Waals surface area contributed by atoms with E-state index in [4.69, 9.17) is 4.74 Å². The minimum Gasteiger partial charge on any atom is -0.460 e. The van der Waals surface area contributed by atoms with Gasteiger partial charge in [-0.2, -0.15) is 4.98 Å². The van der Waals surface area contributed by atoms with Gasteiger partial charge in [-0.3, -0.25) is 0 Å². The topological polar surface area (TPSA) is 69.4 Å². The first-order valence-corrected chi connectivity index (χ1v) is 5.00. The fraction of sp³-hybridized carbons (Fsp3) is 0.400. The van der Waals surface area contributed by atoms with Gasteiger partial charge in [-0.05, 0) is 26.8 Å². The van der Waals surface area contributed by atoms with Crippen LogP contribution in [0.5, 0.6) is 0 Å². The van der Waals surface area contributed by atoms with E-state index in [2.05, 4.69) is 15.1 Å². The average Bonchev–Trinajstić information content (AvgIpc) is 2.62. The molecule has 0 saturated carbocycles. The van der Waals surface area contributed by atoms with Crippen molar-refractivity contribution >= 4 is 11.7 Å². The van der Waals surface area contributed by atoms with Gasteiger partial charge < -0.3 is 4.74 Å². The Balaban J connectivity index is 2.51. The molecule has 0 fully saturated rings. The Bertz CT molecular complexity index is 547. The number of aryl methyl sites for hydroxylation is 2. The van der Waals surface area contributed by atoms with Crippen LogP contribution in [-0.2, 0) is 4.74 Å². The highest BCUT2D eigenvalue weighted by Crippen LogP contribution is 2.05. The summed E-state index contributed by atoms with van der Waals surface area (Å²) in [6.07, 6.45) is 0. The first-order valence-electron chi connectivity index (χ1n) is 5.00. The van der Waals surface area contributed by atoms with Gasteiger partial charge in [0.2, 0.25) is 0 Å². The molecule has 0 aliphatic rings. The quantitative estimate of drug-likeness (QED) is 0.704. The third-order valence-corrected chi connectivity index (χ3v) is 2.08. The Morgan fingerprint density at radius 1 is 1.44 bits per heavy atom. The Labute approximate surface area is 92.3 Å². The third kappa shape index (κ3) is 1.73. The number of fused-ring (bicyclic) bond motifs is 1. The summed E-state index contributed by atoms with van der Waals surface area (Å²) in [6, 6.07) is 1.87. The minimum absolute atomic E-state index is 0.0445. The Hall–Kier alpha value is -1.98. The molecule has 0 unspecified atom stereocenters. The van der Waals surface area contributed by atoms with Crippen LogP contribution >= 0.6 is 0 Å². The molecular formula is C10H12N4O2. The number of carbonyl (C=O) groups is 1. The van der Waals surface area contributed by atoms with Crippen molar-refractivity contribution < 1.29 is 9.53 Å². The van der Waals surface area contributed by atoms with Gasteiger partial charge in [0.05, 0.1) is 6.61 Å². The van der Waals surface area contributed by atoms with Gasteiger partial charge in [-0.1, -0.05) is 0 Å². The first kappa shape index (κ1) is 10.5. The third-order valence-electron chi connectivity index (χ3n) is 2.08. The second kappa shape index (κ2) is 3.88. The number of ether oxygens (including phenoxy) is 1. The van der Waals surface area contributed by atoms with Crippen molar-refractivity contribution in [2.75, 3.05) is 6.61 Å². The number of hydrogen-bond donors (Lipinski definition) is 0. The van der Waals surface area contributed by atoms with Gasteiger partial charge in [0.25, 0.3) is 11.6 Å². The standard InChI is InChI=1S/C10H12N4O2/c1-4-16-9(15)8-12-10-11-6(2)5-7(3)14(10)13-8/h5H,4H2,1-3H3. The van der Waals surface area contributed by atoms with E-state index in [-0.39, 0.29) is 5.82 Å². The molecule has 2 aromatic heterocycles. The Kier molecular flexibility index (Phi) is 2.55. The number of esters is 1. The van der Waals surface area contributed by atoms with Crippen LogP contribution in [0.4, 0.5) is 0 Å². The lowest BCUT2D eigenvalue weighted by Crippen LogP contribution is -2.07. The summed E-state index contributed by atoms with van der Waals surface area (Å²) in [5.74, 6) is -0.0614. The summed E-state index contributed by atoms with van der Waals surface area (Å²) in [4.78, 5) is 19.6. The zero-order valence-electron chi connectivity index (χ0n) is 9.39. The summed E-state index contributed by atoms with van der Waals surface area (Å²) in [7, 11) is 0. The molecule has 16 heavy (non-hydrogen) atoms. The van der Waals surface area contributed by atoms with E-state index in [1.807, 2.05) is 19.9 Å². The van der Waals surface area contributed by atoms with Crippen molar-refractivity contribution in [1.82, 2.24) is 19.6 Å². The highest BCUT2D eigenvalue weighted by molar-refractivity contribution is 5.85. The Morgan fingerprint density at radius 3 is 2.88 bits per heavy atom. The largest absolute Gasteiger partial charge is 0.460 e. The number of carbonyl (C=O) groups excluding carboxylic acids is 1. The van der Waals surface area contributed by atoms with E-state index in [0.29, 0.717) is 12.4 Å². The van der Waals surface area contributed by atoms with Gasteiger partial charge in [0.1, 0.15) is 0 Å². The molecule has 2 rings (SSSR count). The predicted octanol–water partition coefficient (Wildman–Crippen LogP) is 0.918. The van der Waals surface area contributed by atoms with Crippen LogP contribution in [0.15, 0.2) is 6.07 Å². The maximum Gasteiger partial charge on any atom is 0.378 e. The molecule has 0 spiro atoms. The van der Waals surface area contributed by atoms with Crippen molar-refractivity contribution in [3.05, 3.63) is 23.3 Å². The fourth-order valence-corrected chi connectivity index (χ4v) is 1.45. The molecule has 0 saturated heterocycles. The van der Waals surface area contributed by atoms with Gasteiger partial charge in [0.15, 0.2) is 0 Å². The van der Waals surface area contributed by atoms with Crippen molar-refractivity contribution in [2.45, 2.75) is 20.8 Å². The van der Waals surface area contributed by atoms with E-state index < -0.39 is 5.97 Å². The molecule has 0 bridgehead atoms. The molecular weight excluding hydrogens is 208 g/mol. The molecule has 0 aliphatic carbocycles. The van der Waals surface area contributed by atoms with Gasteiger partial charge in [-0.25, -0.2) is 14.3 Å². The smallest absolute Gasteiger partial charge is 0.378 e. The average molecular weight is 220 g/mol. The molecule has 6 heteroatoms. The predicted molar refractivity (Wildman–Crippen MR) is 56.2 cm³/mol. The molecule has 6 nitrogen and oxygen atoms in total. The molecule has 2 aromatic rings. The zero-order valence-corrected chi connectivity index (χ0v) is 9.39. The monoisotopic (exact) mass is 220 g/mol. The van der Waals surface area contributed by atoms with Crippen LogP contribution in [0.1, 0.15) is 28.9 Å². The van der Waals surface area contributed by atoms with Crippen LogP contribution in [0.25, 0.3) is 5.78 Å².